The van der Waals surface area contributed by atoms with Crippen LogP contribution in [0.2, 0.25) is 0 Å². The average Bonchev–Trinajstić information content (AvgIpc) is 2.80. The molecule has 0 bridgehead atoms. The second-order valence-electron chi connectivity index (χ2n) is 9.54. The smallest absolute Gasteiger partial charge is 0.352 e. The SMILES string of the molecule is CC1CCCCN1C(=O)CN[C@H]1CC[C@H](CNC(=O)c2cc(C(F)(F)F)cc(C(F)(F)F)c2)CC1. The van der Waals surface area contributed by atoms with Gasteiger partial charge in [-0.3, -0.25) is 9.59 Å². The van der Waals surface area contributed by atoms with Crippen molar-refractivity contribution in [2.45, 2.75) is 76.3 Å². The summed E-state index contributed by atoms with van der Waals surface area (Å²) in [7, 11) is 0. The number of nitrogens with one attached hydrogen (secondary N) is 2. The lowest BCUT2D eigenvalue weighted by Gasteiger charge is -2.34. The van der Waals surface area contributed by atoms with Crippen LogP contribution in [0.25, 0.3) is 0 Å². The largest absolute Gasteiger partial charge is 0.416 e. The minimum absolute atomic E-state index is 0.00172. The van der Waals surface area contributed by atoms with Crippen molar-refractivity contribution in [2.24, 2.45) is 5.92 Å². The predicted octanol–water partition coefficient (Wildman–Crippen LogP) is 5.00. The van der Waals surface area contributed by atoms with Gasteiger partial charge in [-0.1, -0.05) is 0 Å². The van der Waals surface area contributed by atoms with E-state index in [1.54, 1.807) is 0 Å². The molecule has 2 N–H and O–H groups in total. The summed E-state index contributed by atoms with van der Waals surface area (Å²) < 4.78 is 78.1. The number of carbonyl (C=O) groups excluding carboxylic acids is 2. The number of alkyl halides is 6. The third-order valence-corrected chi connectivity index (χ3v) is 6.91. The van der Waals surface area contributed by atoms with Crippen molar-refractivity contribution < 1.29 is 35.9 Å². The number of rotatable bonds is 6. The van der Waals surface area contributed by atoms with Crippen LogP contribution in [0.3, 0.4) is 0 Å². The van der Waals surface area contributed by atoms with Gasteiger partial charge in [0.1, 0.15) is 0 Å². The molecule has 0 aromatic heterocycles. The number of hydrogen-bond acceptors (Lipinski definition) is 3. The van der Waals surface area contributed by atoms with Crippen LogP contribution in [0.15, 0.2) is 18.2 Å². The normalized spacial score (nSPS) is 23.7. The number of piperidine rings is 1. The molecule has 35 heavy (non-hydrogen) atoms. The van der Waals surface area contributed by atoms with Crippen molar-refractivity contribution in [2.75, 3.05) is 19.6 Å². The minimum Gasteiger partial charge on any atom is -0.352 e. The van der Waals surface area contributed by atoms with E-state index in [1.165, 1.54) is 0 Å². The Balaban J connectivity index is 1.47. The number of benzene rings is 1. The molecule has 1 aliphatic heterocycles. The van der Waals surface area contributed by atoms with Crippen LogP contribution < -0.4 is 10.6 Å². The zero-order chi connectivity index (χ0) is 25.8. The van der Waals surface area contributed by atoms with E-state index in [0.29, 0.717) is 12.1 Å². The first kappa shape index (κ1) is 27.3. The van der Waals surface area contributed by atoms with Crippen LogP contribution in [0.1, 0.15) is 73.4 Å². The Kier molecular flexibility index (Phi) is 8.72. The standard InChI is InChI=1S/C24H31F6N3O2/c1-15-4-2-3-9-33(15)21(34)14-31-20-7-5-16(6-8-20)13-32-22(35)17-10-18(23(25,26)27)12-19(11-17)24(28,29)30/h10-12,15-16,20,31H,2-9,13-14H2,1H3,(H,32,35)/t15?,16-,20-. The lowest BCUT2D eigenvalue weighted by Crippen LogP contribution is -2.48. The topological polar surface area (TPSA) is 61.4 Å². The van der Waals surface area contributed by atoms with E-state index < -0.39 is 35.0 Å². The molecule has 2 aliphatic rings. The summed E-state index contributed by atoms with van der Waals surface area (Å²) in [5.41, 5.74) is -3.71. The fourth-order valence-corrected chi connectivity index (χ4v) is 4.80. The quantitative estimate of drug-likeness (QED) is 0.533. The van der Waals surface area contributed by atoms with Crippen LogP contribution in [-0.4, -0.2) is 48.4 Å². The Morgan fingerprint density at radius 1 is 0.914 bits per heavy atom. The van der Waals surface area contributed by atoms with Gasteiger partial charge in [-0.25, -0.2) is 0 Å². The van der Waals surface area contributed by atoms with Gasteiger partial charge >= 0.3 is 12.4 Å². The summed E-state index contributed by atoms with van der Waals surface area (Å²) in [6.45, 7) is 3.27. The molecule has 1 saturated carbocycles. The van der Waals surface area contributed by atoms with E-state index in [-0.39, 0.29) is 43.1 Å². The molecule has 0 radical (unpaired) electrons. The highest BCUT2D eigenvalue weighted by molar-refractivity contribution is 5.94. The van der Waals surface area contributed by atoms with Gasteiger partial charge in [-0.15, -0.1) is 0 Å². The molecule has 196 valence electrons. The molecule has 11 heteroatoms. The van der Waals surface area contributed by atoms with Crippen LogP contribution in [0.5, 0.6) is 0 Å². The Hall–Kier alpha value is -2.30. The minimum atomic E-state index is -5.00. The van der Waals surface area contributed by atoms with Crippen LogP contribution in [0.4, 0.5) is 26.3 Å². The van der Waals surface area contributed by atoms with Crippen molar-refractivity contribution in [3.05, 3.63) is 34.9 Å². The van der Waals surface area contributed by atoms with E-state index in [2.05, 4.69) is 17.6 Å². The zero-order valence-electron chi connectivity index (χ0n) is 19.6. The van der Waals surface area contributed by atoms with E-state index in [4.69, 9.17) is 0 Å². The van der Waals surface area contributed by atoms with Crippen LogP contribution >= 0.6 is 0 Å². The molecule has 2 amide bonds. The highest BCUT2D eigenvalue weighted by atomic mass is 19.4. The van der Waals surface area contributed by atoms with Gasteiger partial charge in [-0.05, 0) is 76.0 Å². The molecule has 2 fully saturated rings. The lowest BCUT2D eigenvalue weighted by atomic mass is 9.86. The van der Waals surface area contributed by atoms with Crippen molar-refractivity contribution >= 4 is 11.8 Å². The second-order valence-corrected chi connectivity index (χ2v) is 9.54. The Bertz CT molecular complexity index is 862. The Labute approximate surface area is 200 Å². The average molecular weight is 508 g/mol. The van der Waals surface area contributed by atoms with Crippen molar-refractivity contribution in [3.8, 4) is 0 Å². The predicted molar refractivity (Wildman–Crippen MR) is 118 cm³/mol. The number of hydrogen-bond donors (Lipinski definition) is 2. The van der Waals surface area contributed by atoms with E-state index >= 15 is 0 Å². The van der Waals surface area contributed by atoms with E-state index in [1.807, 2.05) is 4.90 Å². The molecule has 1 aromatic rings. The molecular weight excluding hydrogens is 476 g/mol. The van der Waals surface area contributed by atoms with E-state index in [9.17, 15) is 35.9 Å². The Morgan fingerprint density at radius 2 is 1.51 bits per heavy atom. The maximum atomic E-state index is 13.0. The second kappa shape index (κ2) is 11.2. The van der Waals surface area contributed by atoms with Gasteiger partial charge < -0.3 is 15.5 Å². The summed E-state index contributed by atoms with van der Waals surface area (Å²) in [5.74, 6) is -0.822. The molecule has 3 rings (SSSR count). The van der Waals surface area contributed by atoms with E-state index in [0.717, 1.165) is 51.5 Å². The molecular formula is C24H31F6N3O2. The molecule has 1 aromatic carbocycles. The number of nitrogens with zero attached hydrogens (tertiary/aromatic N) is 1. The fourth-order valence-electron chi connectivity index (χ4n) is 4.80. The summed E-state index contributed by atoms with van der Waals surface area (Å²) in [4.78, 5) is 26.8. The third kappa shape index (κ3) is 7.59. The number of likely N-dealkylation sites (tertiary alicyclic amines) is 1. The monoisotopic (exact) mass is 507 g/mol. The molecule has 1 aliphatic carbocycles. The molecule has 1 saturated heterocycles. The molecule has 1 atom stereocenters. The lowest BCUT2D eigenvalue weighted by molar-refractivity contribution is -0.143. The highest BCUT2D eigenvalue weighted by Crippen LogP contribution is 2.36. The summed E-state index contributed by atoms with van der Waals surface area (Å²) >= 11 is 0. The first-order valence-corrected chi connectivity index (χ1v) is 11.9. The van der Waals surface area contributed by atoms with Gasteiger partial charge in [-0.2, -0.15) is 26.3 Å². The fraction of sp³-hybridized carbons (Fsp3) is 0.667. The van der Waals surface area contributed by atoms with Gasteiger partial charge in [0.15, 0.2) is 0 Å². The van der Waals surface area contributed by atoms with Gasteiger partial charge in [0.05, 0.1) is 17.7 Å². The van der Waals surface area contributed by atoms with Crippen LogP contribution in [-0.2, 0) is 17.1 Å². The third-order valence-electron chi connectivity index (χ3n) is 6.91. The first-order valence-electron chi connectivity index (χ1n) is 11.9. The summed E-state index contributed by atoms with van der Waals surface area (Å²) in [6, 6.07) is 1.28. The molecule has 0 spiro atoms. The van der Waals surface area contributed by atoms with Crippen molar-refractivity contribution in [1.82, 2.24) is 15.5 Å². The maximum Gasteiger partial charge on any atom is 0.416 e. The maximum absolute atomic E-state index is 13.0. The molecule has 5 nitrogen and oxygen atoms in total. The first-order chi connectivity index (χ1) is 16.3. The zero-order valence-corrected chi connectivity index (χ0v) is 19.6. The molecule has 1 unspecified atom stereocenters. The van der Waals surface area contributed by atoms with Crippen molar-refractivity contribution in [3.63, 3.8) is 0 Å². The number of carbonyl (C=O) groups is 2. The van der Waals surface area contributed by atoms with Gasteiger partial charge in [0, 0.05) is 30.7 Å². The highest BCUT2D eigenvalue weighted by Gasteiger charge is 2.37. The molecule has 1 heterocycles. The summed E-state index contributed by atoms with van der Waals surface area (Å²) in [6.07, 6.45) is -3.85. The summed E-state index contributed by atoms with van der Waals surface area (Å²) in [5, 5.41) is 5.78. The van der Waals surface area contributed by atoms with Crippen LogP contribution in [0, 0.1) is 5.92 Å². The number of amides is 2. The van der Waals surface area contributed by atoms with Crippen molar-refractivity contribution in [1.29, 1.82) is 0 Å². The number of halogens is 6. The Morgan fingerprint density at radius 3 is 2.06 bits per heavy atom. The van der Waals surface area contributed by atoms with Gasteiger partial charge in [0.2, 0.25) is 5.91 Å². The van der Waals surface area contributed by atoms with Gasteiger partial charge in [0.25, 0.3) is 5.91 Å².